The first-order valence-corrected chi connectivity index (χ1v) is 4.85. The fraction of sp³-hybridized carbons (Fsp3) is 0.727. The minimum Gasteiger partial charge on any atom is -0.286 e. The molecule has 1 nitrogen and oxygen atoms in total. The van der Waals surface area contributed by atoms with Crippen LogP contribution in [0.3, 0.4) is 0 Å². The molecular formula is C11H19N. The monoisotopic (exact) mass is 165 g/mol. The van der Waals surface area contributed by atoms with Gasteiger partial charge in [-0.2, -0.15) is 0 Å². The Labute approximate surface area is 75.6 Å². The number of hydrogen-bond donors (Lipinski definition) is 0. The Hall–Kier alpha value is -0.590. The van der Waals surface area contributed by atoms with Gasteiger partial charge in [-0.25, -0.2) is 0 Å². The molecule has 1 aliphatic rings. The van der Waals surface area contributed by atoms with Gasteiger partial charge in [-0.15, -0.1) is 0 Å². The summed E-state index contributed by atoms with van der Waals surface area (Å²) in [5.74, 6) is 0. The van der Waals surface area contributed by atoms with Crippen LogP contribution in [0.4, 0.5) is 0 Å². The molecule has 0 radical (unpaired) electrons. The predicted molar refractivity (Wildman–Crippen MR) is 54.8 cm³/mol. The lowest BCUT2D eigenvalue weighted by atomic mass is 9.92. The zero-order valence-electron chi connectivity index (χ0n) is 8.65. The van der Waals surface area contributed by atoms with Crippen molar-refractivity contribution >= 4 is 6.21 Å². The molecule has 1 heterocycles. The summed E-state index contributed by atoms with van der Waals surface area (Å²) in [5, 5.41) is 0. The Morgan fingerprint density at radius 2 is 2.25 bits per heavy atom. The second-order valence-electron chi connectivity index (χ2n) is 3.94. The Bertz CT molecular complexity index is 225. The average molecular weight is 165 g/mol. The molecule has 1 heteroatoms. The molecule has 0 amide bonds. The van der Waals surface area contributed by atoms with Crippen molar-refractivity contribution in [3.63, 3.8) is 0 Å². The summed E-state index contributed by atoms with van der Waals surface area (Å²) in [7, 11) is 0. The van der Waals surface area contributed by atoms with Crippen molar-refractivity contribution in [3.05, 3.63) is 11.1 Å². The van der Waals surface area contributed by atoms with Gasteiger partial charge < -0.3 is 0 Å². The average Bonchev–Trinajstić information content (AvgIpc) is 2.48. The number of nitrogens with zero attached hydrogens (tertiary/aromatic N) is 1. The van der Waals surface area contributed by atoms with Gasteiger partial charge in [0, 0.05) is 6.21 Å². The summed E-state index contributed by atoms with van der Waals surface area (Å²) in [4.78, 5) is 4.55. The van der Waals surface area contributed by atoms with Gasteiger partial charge in [0.1, 0.15) is 0 Å². The van der Waals surface area contributed by atoms with Crippen LogP contribution in [-0.2, 0) is 0 Å². The highest BCUT2D eigenvalue weighted by Crippen LogP contribution is 2.31. The molecule has 0 saturated heterocycles. The maximum atomic E-state index is 4.55. The third-order valence-corrected chi connectivity index (χ3v) is 2.94. The van der Waals surface area contributed by atoms with Crippen LogP contribution in [0.25, 0.3) is 0 Å². The molecule has 1 unspecified atom stereocenters. The molecule has 12 heavy (non-hydrogen) atoms. The van der Waals surface area contributed by atoms with Gasteiger partial charge >= 0.3 is 0 Å². The van der Waals surface area contributed by atoms with E-state index < -0.39 is 0 Å². The number of hydrogen-bond acceptors (Lipinski definition) is 1. The summed E-state index contributed by atoms with van der Waals surface area (Å²) in [6, 6.07) is 0. The van der Waals surface area contributed by atoms with Crippen LogP contribution in [0, 0.1) is 0 Å². The summed E-state index contributed by atoms with van der Waals surface area (Å²) in [6.07, 6.45) is 5.51. The van der Waals surface area contributed by atoms with Gasteiger partial charge in [-0.3, -0.25) is 4.99 Å². The number of aliphatic imine (C=N–C) groups is 1. The highest BCUT2D eigenvalue weighted by atomic mass is 14.9. The molecule has 1 atom stereocenters. The van der Waals surface area contributed by atoms with E-state index >= 15 is 0 Å². The first-order chi connectivity index (χ1) is 5.61. The molecular weight excluding hydrogens is 146 g/mol. The van der Waals surface area contributed by atoms with Crippen LogP contribution in [-0.4, -0.2) is 11.8 Å². The second kappa shape index (κ2) is 3.42. The SMILES string of the molecule is CCC(C)=C1C=NC(C)(CC)C1. The van der Waals surface area contributed by atoms with E-state index in [1.807, 2.05) is 0 Å². The molecule has 0 N–H and O–H groups in total. The fourth-order valence-electron chi connectivity index (χ4n) is 1.44. The predicted octanol–water partition coefficient (Wildman–Crippen LogP) is 3.36. The van der Waals surface area contributed by atoms with Crippen LogP contribution in [0.1, 0.15) is 47.0 Å². The summed E-state index contributed by atoms with van der Waals surface area (Å²) < 4.78 is 0. The molecule has 0 aromatic rings. The Balaban J connectivity index is 2.77. The van der Waals surface area contributed by atoms with Gasteiger partial charge in [-0.1, -0.05) is 19.4 Å². The van der Waals surface area contributed by atoms with Crippen LogP contribution < -0.4 is 0 Å². The standard InChI is InChI=1S/C11H19N/c1-5-9(3)10-7-11(4,6-2)12-8-10/h8H,5-7H2,1-4H3. The van der Waals surface area contributed by atoms with E-state index in [4.69, 9.17) is 0 Å². The quantitative estimate of drug-likeness (QED) is 0.595. The van der Waals surface area contributed by atoms with Gasteiger partial charge in [0.05, 0.1) is 5.54 Å². The van der Waals surface area contributed by atoms with Crippen LogP contribution in [0.2, 0.25) is 0 Å². The normalized spacial score (nSPS) is 32.7. The molecule has 0 fully saturated rings. The molecule has 68 valence electrons. The van der Waals surface area contributed by atoms with Gasteiger partial charge in [0.15, 0.2) is 0 Å². The summed E-state index contributed by atoms with van der Waals surface area (Å²) >= 11 is 0. The lowest BCUT2D eigenvalue weighted by molar-refractivity contribution is 0.474. The van der Waals surface area contributed by atoms with E-state index in [9.17, 15) is 0 Å². The van der Waals surface area contributed by atoms with Crippen LogP contribution in [0.5, 0.6) is 0 Å². The van der Waals surface area contributed by atoms with E-state index in [1.165, 1.54) is 11.1 Å². The number of rotatable bonds is 2. The van der Waals surface area contributed by atoms with Crippen molar-refractivity contribution in [3.8, 4) is 0 Å². The first kappa shape index (κ1) is 9.50. The Kier molecular flexibility index (Phi) is 2.71. The van der Waals surface area contributed by atoms with Crippen LogP contribution in [0.15, 0.2) is 16.1 Å². The molecule has 0 aromatic heterocycles. The van der Waals surface area contributed by atoms with Crippen molar-refractivity contribution in [1.82, 2.24) is 0 Å². The van der Waals surface area contributed by atoms with Gasteiger partial charge in [0.25, 0.3) is 0 Å². The first-order valence-electron chi connectivity index (χ1n) is 4.85. The molecule has 1 aliphatic heterocycles. The second-order valence-corrected chi connectivity index (χ2v) is 3.94. The highest BCUT2D eigenvalue weighted by molar-refractivity contribution is 5.82. The maximum Gasteiger partial charge on any atom is 0.0618 e. The van der Waals surface area contributed by atoms with Gasteiger partial charge in [-0.05, 0) is 38.7 Å². The third kappa shape index (κ3) is 1.77. The summed E-state index contributed by atoms with van der Waals surface area (Å²) in [6.45, 7) is 8.86. The lowest BCUT2D eigenvalue weighted by Gasteiger charge is -2.17. The van der Waals surface area contributed by atoms with E-state index in [0.29, 0.717) is 0 Å². The van der Waals surface area contributed by atoms with E-state index in [2.05, 4.69) is 38.9 Å². The minimum atomic E-state index is 0.200. The Morgan fingerprint density at radius 3 is 2.67 bits per heavy atom. The van der Waals surface area contributed by atoms with Crippen molar-refractivity contribution < 1.29 is 0 Å². The maximum absolute atomic E-state index is 4.55. The molecule has 0 bridgehead atoms. The molecule has 0 saturated carbocycles. The number of allylic oxidation sites excluding steroid dienone is 1. The van der Waals surface area contributed by atoms with E-state index in [-0.39, 0.29) is 5.54 Å². The minimum absolute atomic E-state index is 0.200. The topological polar surface area (TPSA) is 12.4 Å². The molecule has 1 rings (SSSR count). The fourth-order valence-corrected chi connectivity index (χ4v) is 1.44. The molecule has 0 aromatic carbocycles. The van der Waals surface area contributed by atoms with E-state index in [0.717, 1.165) is 19.3 Å². The van der Waals surface area contributed by atoms with E-state index in [1.54, 1.807) is 0 Å². The summed E-state index contributed by atoms with van der Waals surface area (Å²) in [5.41, 5.74) is 3.16. The van der Waals surface area contributed by atoms with Crippen molar-refractivity contribution in [1.29, 1.82) is 0 Å². The van der Waals surface area contributed by atoms with Gasteiger partial charge in [0.2, 0.25) is 0 Å². The zero-order chi connectivity index (χ0) is 9.19. The molecule has 0 spiro atoms. The van der Waals surface area contributed by atoms with Crippen molar-refractivity contribution in [2.75, 3.05) is 0 Å². The third-order valence-electron chi connectivity index (χ3n) is 2.94. The zero-order valence-corrected chi connectivity index (χ0v) is 8.65. The smallest absolute Gasteiger partial charge is 0.0618 e. The largest absolute Gasteiger partial charge is 0.286 e. The van der Waals surface area contributed by atoms with Crippen molar-refractivity contribution in [2.45, 2.75) is 52.5 Å². The van der Waals surface area contributed by atoms with Crippen LogP contribution >= 0.6 is 0 Å². The van der Waals surface area contributed by atoms with Crippen molar-refractivity contribution in [2.24, 2.45) is 4.99 Å². The lowest BCUT2D eigenvalue weighted by Crippen LogP contribution is -2.16. The molecule has 0 aliphatic carbocycles. The highest BCUT2D eigenvalue weighted by Gasteiger charge is 2.26. The Morgan fingerprint density at radius 1 is 1.58 bits per heavy atom.